The van der Waals surface area contributed by atoms with Crippen LogP contribution in [0.1, 0.15) is 36.6 Å². The molecule has 2 amide bonds. The van der Waals surface area contributed by atoms with Crippen LogP contribution in [-0.4, -0.2) is 17.6 Å². The molecule has 0 fully saturated rings. The summed E-state index contributed by atoms with van der Waals surface area (Å²) in [4.78, 5) is 36.6. The molecule has 0 unspecified atom stereocenters. The number of carbonyl (C=O) groups excluding carboxylic acids is 3. The Balaban J connectivity index is 1.91. The largest absolute Gasteiger partial charge is 0.366 e. The van der Waals surface area contributed by atoms with Crippen molar-refractivity contribution < 1.29 is 23.2 Å². The lowest BCUT2D eigenvalue weighted by atomic mass is 9.98. The van der Waals surface area contributed by atoms with Crippen LogP contribution in [0.5, 0.6) is 0 Å². The summed E-state index contributed by atoms with van der Waals surface area (Å²) >= 11 is 0. The van der Waals surface area contributed by atoms with Gasteiger partial charge in [0.2, 0.25) is 0 Å². The maximum atomic E-state index is 13.6. The molecule has 0 bridgehead atoms. The molecule has 3 rings (SSSR count). The number of carbonyl (C=O) groups is 3. The minimum atomic E-state index is -0.972. The highest BCUT2D eigenvalue weighted by Crippen LogP contribution is 2.19. The predicted molar refractivity (Wildman–Crippen MR) is 99.1 cm³/mol. The highest BCUT2D eigenvalue weighted by molar-refractivity contribution is 6.17. The van der Waals surface area contributed by atoms with Crippen LogP contribution in [-0.2, 0) is 0 Å². The van der Waals surface area contributed by atoms with E-state index in [4.69, 9.17) is 5.73 Å². The predicted octanol–water partition coefficient (Wildman–Crippen LogP) is 3.55. The van der Waals surface area contributed by atoms with E-state index >= 15 is 0 Å². The number of nitrogens with two attached hydrogens (primary N) is 1. The van der Waals surface area contributed by atoms with Crippen molar-refractivity contribution in [3.05, 3.63) is 101 Å². The number of nitrogens with one attached hydrogen (secondary N) is 1. The topological polar surface area (TPSA) is 89.3 Å². The zero-order chi connectivity index (χ0) is 20.3. The maximum Gasteiger partial charge on any atom is 0.256 e. The number of amides is 2. The molecule has 3 aromatic carbocycles. The monoisotopic (exact) mass is 380 g/mol. The van der Waals surface area contributed by atoms with Gasteiger partial charge in [-0.1, -0.05) is 18.2 Å². The third-order valence-corrected chi connectivity index (χ3v) is 4.01. The van der Waals surface area contributed by atoms with E-state index in [-0.39, 0.29) is 27.9 Å². The van der Waals surface area contributed by atoms with Crippen LogP contribution in [0.25, 0.3) is 0 Å². The number of ketones is 1. The fraction of sp³-hybridized carbons (Fsp3) is 0. The minimum absolute atomic E-state index is 0.0711. The smallest absolute Gasteiger partial charge is 0.256 e. The van der Waals surface area contributed by atoms with Crippen molar-refractivity contribution in [2.75, 3.05) is 5.32 Å². The van der Waals surface area contributed by atoms with E-state index in [0.29, 0.717) is 0 Å². The average Bonchev–Trinajstić information content (AvgIpc) is 2.69. The Bertz CT molecular complexity index is 1080. The molecule has 0 saturated carbocycles. The van der Waals surface area contributed by atoms with Crippen molar-refractivity contribution >= 4 is 23.3 Å². The summed E-state index contributed by atoms with van der Waals surface area (Å²) in [6.07, 6.45) is 0. The van der Waals surface area contributed by atoms with Crippen molar-refractivity contribution in [2.45, 2.75) is 0 Å². The zero-order valence-electron chi connectivity index (χ0n) is 14.4. The van der Waals surface area contributed by atoms with Gasteiger partial charge in [-0.2, -0.15) is 0 Å². The Hall–Kier alpha value is -3.87. The van der Waals surface area contributed by atoms with Crippen molar-refractivity contribution in [1.82, 2.24) is 0 Å². The number of primary amides is 1. The summed E-state index contributed by atoms with van der Waals surface area (Å²) < 4.78 is 26.7. The van der Waals surface area contributed by atoms with Crippen LogP contribution < -0.4 is 11.1 Å². The van der Waals surface area contributed by atoms with Crippen LogP contribution in [0.15, 0.2) is 66.7 Å². The number of benzene rings is 3. The fourth-order valence-electron chi connectivity index (χ4n) is 2.63. The first kappa shape index (κ1) is 18.9. The normalized spacial score (nSPS) is 10.4. The molecule has 0 aromatic heterocycles. The van der Waals surface area contributed by atoms with E-state index < -0.39 is 29.2 Å². The molecule has 3 aromatic rings. The number of hydrogen-bond donors (Lipinski definition) is 2. The van der Waals surface area contributed by atoms with E-state index in [2.05, 4.69) is 5.32 Å². The molecule has 0 saturated heterocycles. The lowest BCUT2D eigenvalue weighted by molar-refractivity contribution is 0.0992. The molecule has 0 aliphatic rings. The van der Waals surface area contributed by atoms with Gasteiger partial charge in [-0.3, -0.25) is 14.4 Å². The van der Waals surface area contributed by atoms with Crippen molar-refractivity contribution in [3.63, 3.8) is 0 Å². The molecule has 28 heavy (non-hydrogen) atoms. The Kier molecular flexibility index (Phi) is 5.26. The molecule has 140 valence electrons. The minimum Gasteiger partial charge on any atom is -0.366 e. The zero-order valence-corrected chi connectivity index (χ0v) is 14.4. The third kappa shape index (κ3) is 3.93. The standard InChI is InChI=1S/C21H14F2N2O3/c22-13-7-5-12(6-8-13)19(26)15-3-1-2-4-16(15)21(28)25-14-9-10-18(23)17(11-14)20(24)27/h1-11H,(H2,24,27)(H,25,28). The van der Waals surface area contributed by atoms with Gasteiger partial charge in [0.25, 0.3) is 11.8 Å². The molecular formula is C21H14F2N2O3. The van der Waals surface area contributed by atoms with E-state index in [1.165, 1.54) is 30.3 Å². The Morgan fingerprint density at radius 1 is 0.786 bits per heavy atom. The van der Waals surface area contributed by atoms with Gasteiger partial charge in [-0.15, -0.1) is 0 Å². The lowest BCUT2D eigenvalue weighted by Gasteiger charge is -2.11. The van der Waals surface area contributed by atoms with E-state index in [9.17, 15) is 23.2 Å². The second-order valence-electron chi connectivity index (χ2n) is 5.89. The number of rotatable bonds is 5. The number of anilines is 1. The maximum absolute atomic E-state index is 13.6. The second-order valence-corrected chi connectivity index (χ2v) is 5.89. The van der Waals surface area contributed by atoms with Crippen molar-refractivity contribution in [1.29, 1.82) is 0 Å². The molecular weight excluding hydrogens is 366 g/mol. The van der Waals surface area contributed by atoms with E-state index in [1.54, 1.807) is 12.1 Å². The van der Waals surface area contributed by atoms with Gasteiger partial charge in [-0.25, -0.2) is 8.78 Å². The van der Waals surface area contributed by atoms with Gasteiger partial charge in [0.15, 0.2) is 5.78 Å². The van der Waals surface area contributed by atoms with Crippen LogP contribution in [0, 0.1) is 11.6 Å². The van der Waals surface area contributed by atoms with Gasteiger partial charge in [0.05, 0.1) is 11.1 Å². The lowest BCUT2D eigenvalue weighted by Crippen LogP contribution is -2.18. The molecule has 0 atom stereocenters. The van der Waals surface area contributed by atoms with Crippen LogP contribution >= 0.6 is 0 Å². The van der Waals surface area contributed by atoms with Gasteiger partial charge in [0.1, 0.15) is 11.6 Å². The first-order valence-corrected chi connectivity index (χ1v) is 8.17. The van der Waals surface area contributed by atoms with Crippen LogP contribution in [0.3, 0.4) is 0 Å². The second kappa shape index (κ2) is 7.79. The average molecular weight is 380 g/mol. The highest BCUT2D eigenvalue weighted by Gasteiger charge is 2.19. The number of halogens is 2. The Morgan fingerprint density at radius 2 is 1.43 bits per heavy atom. The fourth-order valence-corrected chi connectivity index (χ4v) is 2.63. The van der Waals surface area contributed by atoms with E-state index in [1.807, 2.05) is 0 Å². The molecule has 3 N–H and O–H groups in total. The molecule has 0 aliphatic heterocycles. The first-order valence-electron chi connectivity index (χ1n) is 8.17. The van der Waals surface area contributed by atoms with Gasteiger partial charge < -0.3 is 11.1 Å². The summed E-state index contributed by atoms with van der Waals surface area (Å²) in [6.45, 7) is 0. The molecule has 0 aliphatic carbocycles. The molecule has 0 spiro atoms. The third-order valence-electron chi connectivity index (χ3n) is 4.01. The van der Waals surface area contributed by atoms with Crippen molar-refractivity contribution in [3.8, 4) is 0 Å². The summed E-state index contributed by atoms with van der Waals surface area (Å²) in [5.74, 6) is -3.35. The van der Waals surface area contributed by atoms with Crippen molar-refractivity contribution in [2.24, 2.45) is 5.73 Å². The van der Waals surface area contributed by atoms with Gasteiger partial charge in [0, 0.05) is 16.8 Å². The quantitative estimate of drug-likeness (QED) is 0.664. The molecule has 7 heteroatoms. The van der Waals surface area contributed by atoms with Gasteiger partial charge >= 0.3 is 0 Å². The first-order chi connectivity index (χ1) is 13.4. The Labute approximate surface area is 158 Å². The SMILES string of the molecule is NC(=O)c1cc(NC(=O)c2ccccc2C(=O)c2ccc(F)cc2)ccc1F. The molecule has 0 radical (unpaired) electrons. The summed E-state index contributed by atoms with van der Waals surface area (Å²) in [7, 11) is 0. The molecule has 0 heterocycles. The van der Waals surface area contributed by atoms with Crippen LogP contribution in [0.2, 0.25) is 0 Å². The summed E-state index contributed by atoms with van der Waals surface area (Å²) in [5, 5.41) is 2.51. The Morgan fingerprint density at radius 3 is 2.07 bits per heavy atom. The number of hydrogen-bond acceptors (Lipinski definition) is 3. The summed E-state index contributed by atoms with van der Waals surface area (Å²) in [5.41, 5.74) is 5.28. The van der Waals surface area contributed by atoms with Crippen LogP contribution in [0.4, 0.5) is 14.5 Å². The van der Waals surface area contributed by atoms with E-state index in [0.717, 1.165) is 24.3 Å². The summed E-state index contributed by atoms with van der Waals surface area (Å²) in [6, 6.07) is 14.4. The molecule has 5 nitrogen and oxygen atoms in total. The van der Waals surface area contributed by atoms with Gasteiger partial charge in [-0.05, 0) is 48.5 Å². The highest BCUT2D eigenvalue weighted by atomic mass is 19.1.